The Morgan fingerprint density at radius 2 is 1.81 bits per heavy atom. The number of unbranched alkanes of at least 4 members (excludes halogenated alkanes) is 5. The van der Waals surface area contributed by atoms with Crippen molar-refractivity contribution in [1.82, 2.24) is 20.2 Å². The zero-order chi connectivity index (χ0) is 15.1. The van der Waals surface area contributed by atoms with Crippen LogP contribution in [0.3, 0.4) is 0 Å². The lowest BCUT2D eigenvalue weighted by Crippen LogP contribution is -2.03. The number of hydrogen-bond acceptors (Lipinski definition) is 4. The predicted molar refractivity (Wildman–Crippen MR) is 85.8 cm³/mol. The summed E-state index contributed by atoms with van der Waals surface area (Å²) in [5.41, 5.74) is 8.77. The largest absolute Gasteiger partial charge is 0.399 e. The highest BCUT2D eigenvalue weighted by Crippen LogP contribution is 2.21. The van der Waals surface area contributed by atoms with Crippen molar-refractivity contribution < 1.29 is 0 Å². The molecule has 0 aliphatic carbocycles. The normalized spacial score (nSPS) is 11.0. The van der Waals surface area contributed by atoms with E-state index in [0.717, 1.165) is 35.6 Å². The van der Waals surface area contributed by atoms with Crippen LogP contribution < -0.4 is 5.73 Å². The highest BCUT2D eigenvalue weighted by Gasteiger charge is 2.09. The Bertz CT molecular complexity index is 541. The Morgan fingerprint density at radius 3 is 2.57 bits per heavy atom. The van der Waals surface area contributed by atoms with Gasteiger partial charge in [-0.15, -0.1) is 5.10 Å². The Hall–Kier alpha value is -1.91. The summed E-state index contributed by atoms with van der Waals surface area (Å²) in [5.74, 6) is 0.805. The third kappa shape index (κ3) is 4.55. The monoisotopic (exact) mass is 287 g/mol. The van der Waals surface area contributed by atoms with Crippen molar-refractivity contribution in [3.8, 4) is 11.4 Å². The SMILES string of the molecule is CCCCCCCCn1nnnc1-c1cc(C)cc(N)c1. The molecule has 0 saturated heterocycles. The molecule has 0 unspecified atom stereocenters. The summed E-state index contributed by atoms with van der Waals surface area (Å²) in [4.78, 5) is 0. The molecule has 0 atom stereocenters. The average molecular weight is 287 g/mol. The molecule has 21 heavy (non-hydrogen) atoms. The van der Waals surface area contributed by atoms with E-state index in [2.05, 4.69) is 28.5 Å². The van der Waals surface area contributed by atoms with E-state index in [1.54, 1.807) is 0 Å². The number of rotatable bonds is 8. The molecule has 2 aromatic rings. The molecule has 5 heteroatoms. The van der Waals surface area contributed by atoms with Gasteiger partial charge in [0.05, 0.1) is 0 Å². The van der Waals surface area contributed by atoms with Crippen LogP contribution in [-0.4, -0.2) is 20.2 Å². The molecule has 0 bridgehead atoms. The van der Waals surface area contributed by atoms with Gasteiger partial charge in [-0.25, -0.2) is 4.68 Å². The zero-order valence-corrected chi connectivity index (χ0v) is 13.0. The summed E-state index contributed by atoms with van der Waals surface area (Å²) < 4.78 is 1.88. The molecule has 1 aromatic heterocycles. The minimum atomic E-state index is 0.749. The van der Waals surface area contributed by atoms with Crippen molar-refractivity contribution in [2.75, 3.05) is 5.73 Å². The third-order valence-corrected chi connectivity index (χ3v) is 3.61. The van der Waals surface area contributed by atoms with Gasteiger partial charge in [0, 0.05) is 17.8 Å². The molecule has 0 amide bonds. The van der Waals surface area contributed by atoms with Gasteiger partial charge in [0.25, 0.3) is 0 Å². The van der Waals surface area contributed by atoms with Crippen LogP contribution in [0.4, 0.5) is 5.69 Å². The minimum absolute atomic E-state index is 0.749. The van der Waals surface area contributed by atoms with Crippen molar-refractivity contribution in [1.29, 1.82) is 0 Å². The third-order valence-electron chi connectivity index (χ3n) is 3.61. The van der Waals surface area contributed by atoms with Gasteiger partial charge in [-0.05, 0) is 47.5 Å². The topological polar surface area (TPSA) is 69.6 Å². The maximum atomic E-state index is 5.91. The Labute approximate surface area is 126 Å². The first-order valence-corrected chi connectivity index (χ1v) is 7.84. The number of anilines is 1. The smallest absolute Gasteiger partial charge is 0.182 e. The molecule has 0 aliphatic rings. The summed E-state index contributed by atoms with van der Waals surface area (Å²) >= 11 is 0. The number of tetrazole rings is 1. The highest BCUT2D eigenvalue weighted by atomic mass is 15.5. The molecule has 114 valence electrons. The second-order valence-electron chi connectivity index (χ2n) is 5.63. The summed E-state index contributed by atoms with van der Waals surface area (Å²) in [5, 5.41) is 12.1. The summed E-state index contributed by atoms with van der Waals surface area (Å²) in [7, 11) is 0. The van der Waals surface area contributed by atoms with Crippen LogP contribution in [0.15, 0.2) is 18.2 Å². The predicted octanol–water partition coefficient (Wildman–Crippen LogP) is 3.59. The Balaban J connectivity index is 1.95. The van der Waals surface area contributed by atoms with E-state index < -0.39 is 0 Å². The summed E-state index contributed by atoms with van der Waals surface area (Å²) in [6.07, 6.45) is 7.58. The van der Waals surface area contributed by atoms with Gasteiger partial charge in [0.15, 0.2) is 5.82 Å². The standard InChI is InChI=1S/C16H25N5/c1-3-4-5-6-7-8-9-21-16(18-19-20-21)14-10-13(2)11-15(17)12-14/h10-12H,3-9,17H2,1-2H3. The molecule has 0 saturated carbocycles. The lowest BCUT2D eigenvalue weighted by atomic mass is 10.1. The summed E-state index contributed by atoms with van der Waals surface area (Å²) in [6.45, 7) is 5.13. The van der Waals surface area contributed by atoms with E-state index in [4.69, 9.17) is 5.73 Å². The number of benzene rings is 1. The first-order chi connectivity index (χ1) is 10.2. The number of nitrogens with zero attached hydrogens (tertiary/aromatic N) is 4. The van der Waals surface area contributed by atoms with Gasteiger partial charge in [-0.1, -0.05) is 39.0 Å². The molecule has 1 heterocycles. The summed E-state index contributed by atoms with van der Waals surface area (Å²) in [6, 6.07) is 5.95. The molecule has 0 aliphatic heterocycles. The Morgan fingerprint density at radius 1 is 1.05 bits per heavy atom. The van der Waals surface area contributed by atoms with E-state index in [1.165, 1.54) is 32.1 Å². The second kappa shape index (κ2) is 7.76. The van der Waals surface area contributed by atoms with Crippen LogP contribution >= 0.6 is 0 Å². The van der Waals surface area contributed by atoms with Gasteiger partial charge in [0.2, 0.25) is 0 Å². The molecule has 0 fully saturated rings. The number of hydrogen-bond donors (Lipinski definition) is 1. The maximum Gasteiger partial charge on any atom is 0.182 e. The van der Waals surface area contributed by atoms with Crippen LogP contribution in [0, 0.1) is 6.92 Å². The van der Waals surface area contributed by atoms with E-state index in [9.17, 15) is 0 Å². The van der Waals surface area contributed by atoms with Crippen molar-refractivity contribution >= 4 is 5.69 Å². The number of nitrogens with two attached hydrogens (primary N) is 1. The molecule has 0 radical (unpaired) electrons. The molecule has 2 N–H and O–H groups in total. The molecule has 0 spiro atoms. The molecular formula is C16H25N5. The second-order valence-corrected chi connectivity index (χ2v) is 5.63. The van der Waals surface area contributed by atoms with Gasteiger partial charge in [-0.2, -0.15) is 0 Å². The molecular weight excluding hydrogens is 262 g/mol. The van der Waals surface area contributed by atoms with Gasteiger partial charge in [0.1, 0.15) is 0 Å². The van der Waals surface area contributed by atoms with Crippen LogP contribution in [0.2, 0.25) is 0 Å². The number of nitrogen functional groups attached to an aromatic ring is 1. The van der Waals surface area contributed by atoms with E-state index >= 15 is 0 Å². The van der Waals surface area contributed by atoms with Crippen LogP contribution in [0.5, 0.6) is 0 Å². The van der Waals surface area contributed by atoms with E-state index in [1.807, 2.05) is 23.7 Å². The minimum Gasteiger partial charge on any atom is -0.399 e. The van der Waals surface area contributed by atoms with Crippen LogP contribution in [0.25, 0.3) is 11.4 Å². The van der Waals surface area contributed by atoms with Crippen LogP contribution in [0.1, 0.15) is 51.0 Å². The maximum absolute atomic E-state index is 5.91. The number of aryl methyl sites for hydroxylation is 2. The molecule has 1 aromatic carbocycles. The fourth-order valence-electron chi connectivity index (χ4n) is 2.55. The Kier molecular flexibility index (Phi) is 5.72. The average Bonchev–Trinajstić information content (AvgIpc) is 2.90. The quantitative estimate of drug-likeness (QED) is 0.595. The number of aromatic nitrogens is 4. The van der Waals surface area contributed by atoms with Crippen molar-refractivity contribution in [2.45, 2.75) is 58.9 Å². The van der Waals surface area contributed by atoms with Gasteiger partial charge in [-0.3, -0.25) is 0 Å². The lowest BCUT2D eigenvalue weighted by Gasteiger charge is -2.06. The van der Waals surface area contributed by atoms with Crippen molar-refractivity contribution in [2.24, 2.45) is 0 Å². The molecule has 5 nitrogen and oxygen atoms in total. The fourth-order valence-corrected chi connectivity index (χ4v) is 2.55. The first kappa shape index (κ1) is 15.5. The fraction of sp³-hybridized carbons (Fsp3) is 0.562. The van der Waals surface area contributed by atoms with E-state index in [0.29, 0.717) is 0 Å². The highest BCUT2D eigenvalue weighted by molar-refractivity contribution is 5.62. The van der Waals surface area contributed by atoms with Gasteiger partial charge >= 0.3 is 0 Å². The van der Waals surface area contributed by atoms with Gasteiger partial charge < -0.3 is 5.73 Å². The first-order valence-electron chi connectivity index (χ1n) is 7.84. The van der Waals surface area contributed by atoms with Crippen molar-refractivity contribution in [3.63, 3.8) is 0 Å². The van der Waals surface area contributed by atoms with Crippen LogP contribution in [-0.2, 0) is 6.54 Å². The lowest BCUT2D eigenvalue weighted by molar-refractivity contribution is 0.519. The zero-order valence-electron chi connectivity index (χ0n) is 13.0. The van der Waals surface area contributed by atoms with Crippen molar-refractivity contribution in [3.05, 3.63) is 23.8 Å². The molecule has 2 rings (SSSR count). The van der Waals surface area contributed by atoms with E-state index in [-0.39, 0.29) is 0 Å².